The van der Waals surface area contributed by atoms with Crippen molar-refractivity contribution in [1.29, 1.82) is 0 Å². The van der Waals surface area contributed by atoms with E-state index in [0.717, 1.165) is 38.2 Å². The minimum absolute atomic E-state index is 0.178. The lowest BCUT2D eigenvalue weighted by atomic mass is 10.0. The van der Waals surface area contributed by atoms with Gasteiger partial charge in [0.05, 0.1) is 11.7 Å². The summed E-state index contributed by atoms with van der Waals surface area (Å²) in [6.45, 7) is 3.64. The molecule has 0 aliphatic carbocycles. The second-order valence-electron chi connectivity index (χ2n) is 6.75. The fourth-order valence-corrected chi connectivity index (χ4v) is 3.43. The third-order valence-corrected chi connectivity index (χ3v) is 4.86. The predicted octanol–water partition coefficient (Wildman–Crippen LogP) is 1.77. The van der Waals surface area contributed by atoms with Crippen molar-refractivity contribution in [2.24, 2.45) is 0 Å². The van der Waals surface area contributed by atoms with Crippen molar-refractivity contribution in [2.45, 2.75) is 31.8 Å². The first-order valence-corrected chi connectivity index (χ1v) is 9.21. The lowest BCUT2D eigenvalue weighted by molar-refractivity contribution is 0.174. The summed E-state index contributed by atoms with van der Waals surface area (Å²) in [6, 6.07) is 12.7. The second kappa shape index (κ2) is 8.71. The summed E-state index contributed by atoms with van der Waals surface area (Å²) in [5.74, 6) is 0.710. The number of anilines is 1. The lowest BCUT2D eigenvalue weighted by Crippen LogP contribution is -2.35. The summed E-state index contributed by atoms with van der Waals surface area (Å²) in [4.78, 5) is 13.7. The van der Waals surface area contributed by atoms with Gasteiger partial charge in [-0.05, 0) is 18.4 Å². The van der Waals surface area contributed by atoms with Crippen LogP contribution in [0.1, 0.15) is 30.1 Å². The Hall–Kier alpha value is -2.54. The molecular weight excluding hydrogens is 328 g/mol. The van der Waals surface area contributed by atoms with Gasteiger partial charge in [0.25, 0.3) is 0 Å². The molecule has 2 heterocycles. The molecule has 1 aliphatic rings. The van der Waals surface area contributed by atoms with E-state index in [0.29, 0.717) is 24.8 Å². The Morgan fingerprint density at radius 2 is 2.00 bits per heavy atom. The molecule has 0 spiro atoms. The summed E-state index contributed by atoms with van der Waals surface area (Å²) in [6.07, 6.45) is 2.78. The Morgan fingerprint density at radius 3 is 2.69 bits per heavy atom. The number of urea groups is 1. The van der Waals surface area contributed by atoms with E-state index in [1.54, 1.807) is 7.05 Å². The molecule has 140 valence electrons. The molecule has 0 atom stereocenters. The van der Waals surface area contributed by atoms with Gasteiger partial charge in [0.1, 0.15) is 5.82 Å². The average Bonchev–Trinajstić information content (AvgIpc) is 3.03. The number of nitrogens with zero attached hydrogens (tertiary/aromatic N) is 3. The van der Waals surface area contributed by atoms with E-state index in [-0.39, 0.29) is 6.03 Å². The van der Waals surface area contributed by atoms with Gasteiger partial charge in [0.2, 0.25) is 0 Å². The molecule has 1 aromatic carbocycles. The van der Waals surface area contributed by atoms with Gasteiger partial charge >= 0.3 is 6.03 Å². The van der Waals surface area contributed by atoms with Crippen LogP contribution < -0.4 is 16.4 Å². The number of nitrogen functional groups attached to an aromatic ring is 1. The summed E-state index contributed by atoms with van der Waals surface area (Å²) in [5, 5.41) is 9.97. The van der Waals surface area contributed by atoms with Crippen molar-refractivity contribution < 1.29 is 4.79 Å². The first-order chi connectivity index (χ1) is 12.7. The zero-order valence-corrected chi connectivity index (χ0v) is 15.3. The number of hydrogen-bond acceptors (Lipinski definition) is 4. The number of rotatable bonds is 6. The van der Waals surface area contributed by atoms with E-state index in [2.05, 4.69) is 51.0 Å². The molecule has 7 nitrogen and oxygen atoms in total. The highest BCUT2D eigenvalue weighted by molar-refractivity contribution is 5.73. The zero-order chi connectivity index (χ0) is 18.4. The molecule has 1 saturated heterocycles. The van der Waals surface area contributed by atoms with Crippen molar-refractivity contribution in [3.05, 3.63) is 47.7 Å². The SMILES string of the molecule is CNC(=O)NCCc1cc(N)n(C2CCN(Cc3ccccc3)CC2)n1. The number of nitrogens with one attached hydrogen (secondary N) is 2. The van der Waals surface area contributed by atoms with Gasteiger partial charge in [-0.25, -0.2) is 9.48 Å². The van der Waals surface area contributed by atoms with Crippen LogP contribution in [-0.2, 0) is 13.0 Å². The van der Waals surface area contributed by atoms with Gasteiger partial charge < -0.3 is 16.4 Å². The van der Waals surface area contributed by atoms with Crippen LogP contribution in [0, 0.1) is 0 Å². The normalized spacial score (nSPS) is 15.7. The number of carbonyl (C=O) groups is 1. The van der Waals surface area contributed by atoms with E-state index in [1.165, 1.54) is 5.56 Å². The monoisotopic (exact) mass is 356 g/mol. The Morgan fingerprint density at radius 1 is 1.27 bits per heavy atom. The molecule has 0 saturated carbocycles. The summed E-state index contributed by atoms with van der Waals surface area (Å²) < 4.78 is 1.97. The van der Waals surface area contributed by atoms with Crippen LogP contribution in [0.4, 0.5) is 10.6 Å². The number of amides is 2. The third-order valence-electron chi connectivity index (χ3n) is 4.86. The minimum atomic E-state index is -0.178. The number of piperidine rings is 1. The quantitative estimate of drug-likeness (QED) is 0.736. The zero-order valence-electron chi connectivity index (χ0n) is 15.3. The van der Waals surface area contributed by atoms with Crippen LogP contribution in [0.3, 0.4) is 0 Å². The smallest absolute Gasteiger partial charge is 0.314 e. The Labute approximate surface area is 154 Å². The highest BCUT2D eigenvalue weighted by Crippen LogP contribution is 2.26. The first-order valence-electron chi connectivity index (χ1n) is 9.21. The van der Waals surface area contributed by atoms with Crippen molar-refractivity contribution in [1.82, 2.24) is 25.3 Å². The van der Waals surface area contributed by atoms with Gasteiger partial charge in [-0.2, -0.15) is 5.10 Å². The van der Waals surface area contributed by atoms with Crippen LogP contribution in [0.15, 0.2) is 36.4 Å². The Bertz CT molecular complexity index is 706. The maximum Gasteiger partial charge on any atom is 0.314 e. The molecule has 1 aromatic heterocycles. The van der Waals surface area contributed by atoms with Crippen molar-refractivity contribution in [3.63, 3.8) is 0 Å². The molecule has 2 amide bonds. The number of aromatic nitrogens is 2. The molecular formula is C19H28N6O. The van der Waals surface area contributed by atoms with Gasteiger partial charge in [-0.3, -0.25) is 4.90 Å². The van der Waals surface area contributed by atoms with Crippen LogP contribution in [0.25, 0.3) is 0 Å². The van der Waals surface area contributed by atoms with Gasteiger partial charge in [0, 0.05) is 45.7 Å². The molecule has 3 rings (SSSR count). The predicted molar refractivity (Wildman–Crippen MR) is 103 cm³/mol. The molecule has 0 radical (unpaired) electrons. The van der Waals surface area contributed by atoms with Gasteiger partial charge in [-0.1, -0.05) is 30.3 Å². The molecule has 7 heteroatoms. The summed E-state index contributed by atoms with van der Waals surface area (Å²) in [5.41, 5.74) is 8.45. The minimum Gasteiger partial charge on any atom is -0.384 e. The Balaban J connectivity index is 1.50. The average molecular weight is 356 g/mol. The molecule has 2 aromatic rings. The maximum absolute atomic E-state index is 11.2. The molecule has 1 aliphatic heterocycles. The van der Waals surface area contributed by atoms with E-state index in [4.69, 9.17) is 5.73 Å². The van der Waals surface area contributed by atoms with E-state index >= 15 is 0 Å². The Kier molecular flexibility index (Phi) is 6.12. The second-order valence-corrected chi connectivity index (χ2v) is 6.75. The highest BCUT2D eigenvalue weighted by Gasteiger charge is 2.23. The van der Waals surface area contributed by atoms with Crippen molar-refractivity contribution in [2.75, 3.05) is 32.4 Å². The number of hydrogen-bond donors (Lipinski definition) is 3. The van der Waals surface area contributed by atoms with E-state index in [9.17, 15) is 4.79 Å². The first kappa shape index (κ1) is 18.3. The summed E-state index contributed by atoms with van der Waals surface area (Å²) >= 11 is 0. The molecule has 4 N–H and O–H groups in total. The lowest BCUT2D eigenvalue weighted by Gasteiger charge is -2.32. The number of nitrogens with two attached hydrogens (primary N) is 1. The third kappa shape index (κ3) is 4.76. The number of benzene rings is 1. The van der Waals surface area contributed by atoms with Crippen molar-refractivity contribution in [3.8, 4) is 0 Å². The fourth-order valence-electron chi connectivity index (χ4n) is 3.43. The molecule has 0 bridgehead atoms. The van der Waals surface area contributed by atoms with Crippen LogP contribution in [-0.4, -0.2) is 47.4 Å². The molecule has 0 unspecified atom stereocenters. The maximum atomic E-state index is 11.2. The van der Waals surface area contributed by atoms with Crippen LogP contribution in [0.5, 0.6) is 0 Å². The molecule has 26 heavy (non-hydrogen) atoms. The van der Waals surface area contributed by atoms with E-state index in [1.807, 2.05) is 10.7 Å². The van der Waals surface area contributed by atoms with E-state index < -0.39 is 0 Å². The highest BCUT2D eigenvalue weighted by atomic mass is 16.2. The summed E-state index contributed by atoms with van der Waals surface area (Å²) in [7, 11) is 1.60. The fraction of sp³-hybridized carbons (Fsp3) is 0.474. The van der Waals surface area contributed by atoms with Crippen LogP contribution in [0.2, 0.25) is 0 Å². The largest absolute Gasteiger partial charge is 0.384 e. The van der Waals surface area contributed by atoms with Crippen LogP contribution >= 0.6 is 0 Å². The molecule has 1 fully saturated rings. The van der Waals surface area contributed by atoms with Gasteiger partial charge in [-0.15, -0.1) is 0 Å². The van der Waals surface area contributed by atoms with Crippen molar-refractivity contribution >= 4 is 11.8 Å². The topological polar surface area (TPSA) is 88.2 Å². The standard InChI is InChI=1S/C19H28N6O/c1-21-19(26)22-10-7-16-13-18(20)25(23-16)17-8-11-24(12-9-17)14-15-5-3-2-4-6-15/h2-6,13,17H,7-12,14,20H2,1H3,(H2,21,22,26). The number of carbonyl (C=O) groups excluding carboxylic acids is 1. The van der Waals surface area contributed by atoms with Gasteiger partial charge in [0.15, 0.2) is 0 Å². The number of likely N-dealkylation sites (tertiary alicyclic amines) is 1.